The van der Waals surface area contributed by atoms with E-state index in [2.05, 4.69) is 28.2 Å². The highest BCUT2D eigenvalue weighted by Crippen LogP contribution is 2.27. The zero-order valence-corrected chi connectivity index (χ0v) is 12.9. The first-order chi connectivity index (χ1) is 10.7. The maximum Gasteiger partial charge on any atom is 0.270 e. The van der Waals surface area contributed by atoms with E-state index >= 15 is 0 Å². The first kappa shape index (κ1) is 13.7. The van der Waals surface area contributed by atoms with Gasteiger partial charge < -0.3 is 10.2 Å². The maximum atomic E-state index is 12.6. The SMILES string of the molecule is Cc1cccc2cnc(C(=O)N[C@H]3CN4CCC3CC4)cc12. The van der Waals surface area contributed by atoms with Gasteiger partial charge in [0.2, 0.25) is 0 Å². The lowest BCUT2D eigenvalue weighted by molar-refractivity contribution is 0.0618. The highest BCUT2D eigenvalue weighted by Gasteiger charge is 2.35. The summed E-state index contributed by atoms with van der Waals surface area (Å²) in [6.07, 6.45) is 4.21. The standard InChI is InChI=1S/C18H21N3O/c1-12-3-2-4-14-10-19-16(9-15(12)14)18(22)20-17-11-21-7-5-13(17)6-8-21/h2-4,9-10,13,17H,5-8,11H2,1H3,(H,20,22)/t17-/m0/s1. The molecule has 22 heavy (non-hydrogen) atoms. The van der Waals surface area contributed by atoms with Gasteiger partial charge in [0, 0.05) is 24.2 Å². The fourth-order valence-corrected chi connectivity index (χ4v) is 3.82. The predicted molar refractivity (Wildman–Crippen MR) is 86.9 cm³/mol. The minimum Gasteiger partial charge on any atom is -0.346 e. The summed E-state index contributed by atoms with van der Waals surface area (Å²) in [7, 11) is 0. The van der Waals surface area contributed by atoms with Crippen molar-refractivity contribution < 1.29 is 4.79 Å². The molecule has 3 saturated heterocycles. The number of nitrogens with zero attached hydrogens (tertiary/aromatic N) is 2. The number of rotatable bonds is 2. The van der Waals surface area contributed by atoms with Crippen molar-refractivity contribution >= 4 is 16.7 Å². The number of piperidine rings is 3. The van der Waals surface area contributed by atoms with Crippen LogP contribution in [0.1, 0.15) is 28.9 Å². The molecule has 0 spiro atoms. The summed E-state index contributed by atoms with van der Waals surface area (Å²) in [5.41, 5.74) is 1.70. The molecule has 4 heterocycles. The third kappa shape index (κ3) is 2.37. The fourth-order valence-electron chi connectivity index (χ4n) is 3.82. The van der Waals surface area contributed by atoms with Crippen LogP contribution < -0.4 is 5.32 Å². The first-order valence-electron chi connectivity index (χ1n) is 8.09. The van der Waals surface area contributed by atoms with Crippen LogP contribution in [0.15, 0.2) is 30.5 Å². The number of amides is 1. The van der Waals surface area contributed by atoms with Gasteiger partial charge in [-0.2, -0.15) is 0 Å². The van der Waals surface area contributed by atoms with Crippen LogP contribution in [0.4, 0.5) is 0 Å². The van der Waals surface area contributed by atoms with Crippen molar-refractivity contribution in [3.63, 3.8) is 0 Å². The molecule has 1 aromatic carbocycles. The number of pyridine rings is 1. The Morgan fingerprint density at radius 3 is 2.86 bits per heavy atom. The summed E-state index contributed by atoms with van der Waals surface area (Å²) in [6, 6.07) is 8.32. The van der Waals surface area contributed by atoms with Crippen molar-refractivity contribution in [3.8, 4) is 0 Å². The average molecular weight is 295 g/mol. The number of nitrogens with one attached hydrogen (secondary N) is 1. The molecule has 2 aromatic rings. The topological polar surface area (TPSA) is 45.2 Å². The lowest BCUT2D eigenvalue weighted by Crippen LogP contribution is -2.57. The van der Waals surface area contributed by atoms with Gasteiger partial charge in [-0.25, -0.2) is 0 Å². The summed E-state index contributed by atoms with van der Waals surface area (Å²) in [6.45, 7) is 5.43. The molecule has 1 aromatic heterocycles. The lowest BCUT2D eigenvalue weighted by atomic mass is 9.84. The third-order valence-corrected chi connectivity index (χ3v) is 5.19. The predicted octanol–water partition coefficient (Wildman–Crippen LogP) is 2.37. The van der Waals surface area contributed by atoms with Gasteiger partial charge in [-0.1, -0.05) is 18.2 Å². The molecule has 0 aliphatic carbocycles. The first-order valence-corrected chi connectivity index (χ1v) is 8.09. The zero-order valence-electron chi connectivity index (χ0n) is 12.9. The molecule has 2 bridgehead atoms. The van der Waals surface area contributed by atoms with Gasteiger partial charge >= 0.3 is 0 Å². The second-order valence-corrected chi connectivity index (χ2v) is 6.58. The second kappa shape index (κ2) is 5.36. The number of hydrogen-bond donors (Lipinski definition) is 1. The second-order valence-electron chi connectivity index (χ2n) is 6.58. The number of aryl methyl sites for hydroxylation is 1. The van der Waals surface area contributed by atoms with Gasteiger partial charge in [0.25, 0.3) is 5.91 Å². The van der Waals surface area contributed by atoms with E-state index in [0.717, 1.165) is 17.3 Å². The van der Waals surface area contributed by atoms with Crippen LogP contribution in [-0.2, 0) is 0 Å². The molecule has 4 nitrogen and oxygen atoms in total. The molecular weight excluding hydrogens is 274 g/mol. The van der Waals surface area contributed by atoms with Crippen LogP contribution in [0.2, 0.25) is 0 Å². The highest BCUT2D eigenvalue weighted by molar-refractivity contribution is 5.97. The fraction of sp³-hybridized carbons (Fsp3) is 0.444. The average Bonchev–Trinajstić information content (AvgIpc) is 2.56. The number of carbonyl (C=O) groups is 1. The molecule has 0 saturated carbocycles. The number of aromatic nitrogens is 1. The van der Waals surface area contributed by atoms with Gasteiger partial charge in [0.05, 0.1) is 0 Å². The molecule has 3 fully saturated rings. The van der Waals surface area contributed by atoms with E-state index in [-0.39, 0.29) is 11.9 Å². The maximum absolute atomic E-state index is 12.6. The summed E-state index contributed by atoms with van der Waals surface area (Å²) in [4.78, 5) is 19.3. The van der Waals surface area contributed by atoms with Crippen LogP contribution >= 0.6 is 0 Å². The molecule has 0 radical (unpaired) electrons. The lowest BCUT2D eigenvalue weighted by Gasteiger charge is -2.44. The number of fused-ring (bicyclic) bond motifs is 4. The molecule has 1 amide bonds. The molecule has 1 N–H and O–H groups in total. The van der Waals surface area contributed by atoms with Crippen LogP contribution in [-0.4, -0.2) is 41.5 Å². The van der Waals surface area contributed by atoms with Gasteiger partial charge in [-0.15, -0.1) is 0 Å². The molecule has 4 heteroatoms. The Hall–Kier alpha value is -1.94. The normalized spacial score (nSPS) is 27.0. The molecule has 0 unspecified atom stereocenters. The van der Waals surface area contributed by atoms with Crippen LogP contribution in [0.3, 0.4) is 0 Å². The summed E-state index contributed by atoms with van der Waals surface area (Å²) in [5, 5.41) is 5.40. The van der Waals surface area contributed by atoms with Crippen molar-refractivity contribution in [3.05, 3.63) is 41.7 Å². The minimum atomic E-state index is -0.0381. The number of hydrogen-bond acceptors (Lipinski definition) is 3. The molecule has 3 aliphatic rings. The molecule has 114 valence electrons. The Labute approximate surface area is 130 Å². The Morgan fingerprint density at radius 1 is 1.32 bits per heavy atom. The largest absolute Gasteiger partial charge is 0.346 e. The van der Waals surface area contributed by atoms with E-state index < -0.39 is 0 Å². The van der Waals surface area contributed by atoms with E-state index in [1.54, 1.807) is 6.20 Å². The van der Waals surface area contributed by atoms with Crippen molar-refractivity contribution in [2.45, 2.75) is 25.8 Å². The zero-order chi connectivity index (χ0) is 15.1. The minimum absolute atomic E-state index is 0.0381. The van der Waals surface area contributed by atoms with Crippen LogP contribution in [0.5, 0.6) is 0 Å². The van der Waals surface area contributed by atoms with Crippen LogP contribution in [0.25, 0.3) is 10.8 Å². The van der Waals surface area contributed by atoms with Crippen molar-refractivity contribution in [2.75, 3.05) is 19.6 Å². The van der Waals surface area contributed by atoms with E-state index in [9.17, 15) is 4.79 Å². The van der Waals surface area contributed by atoms with E-state index in [1.807, 2.05) is 18.2 Å². The van der Waals surface area contributed by atoms with Gasteiger partial charge in [0.1, 0.15) is 5.69 Å². The quantitative estimate of drug-likeness (QED) is 0.925. The van der Waals surface area contributed by atoms with Gasteiger partial charge in [0.15, 0.2) is 0 Å². The van der Waals surface area contributed by atoms with E-state index in [0.29, 0.717) is 11.6 Å². The monoisotopic (exact) mass is 295 g/mol. The Kier molecular flexibility index (Phi) is 3.34. The summed E-state index contributed by atoms with van der Waals surface area (Å²) >= 11 is 0. The van der Waals surface area contributed by atoms with E-state index in [1.165, 1.54) is 31.5 Å². The summed E-state index contributed by atoms with van der Waals surface area (Å²) < 4.78 is 0. The summed E-state index contributed by atoms with van der Waals surface area (Å²) in [5.74, 6) is 0.597. The Morgan fingerprint density at radius 2 is 2.14 bits per heavy atom. The highest BCUT2D eigenvalue weighted by atomic mass is 16.1. The third-order valence-electron chi connectivity index (χ3n) is 5.19. The molecule has 5 rings (SSSR count). The Bertz CT molecular complexity index is 719. The molecule has 3 aliphatic heterocycles. The smallest absolute Gasteiger partial charge is 0.270 e. The van der Waals surface area contributed by atoms with Gasteiger partial charge in [-0.05, 0) is 55.8 Å². The van der Waals surface area contributed by atoms with Gasteiger partial charge in [-0.3, -0.25) is 9.78 Å². The van der Waals surface area contributed by atoms with Crippen molar-refractivity contribution in [2.24, 2.45) is 5.92 Å². The van der Waals surface area contributed by atoms with E-state index in [4.69, 9.17) is 0 Å². The molecular formula is C18H21N3O. The Balaban J connectivity index is 1.56. The molecule has 1 atom stereocenters. The number of benzene rings is 1. The number of carbonyl (C=O) groups excluding carboxylic acids is 1. The van der Waals surface area contributed by atoms with Crippen molar-refractivity contribution in [1.29, 1.82) is 0 Å². The van der Waals surface area contributed by atoms with Crippen molar-refractivity contribution in [1.82, 2.24) is 15.2 Å². The van der Waals surface area contributed by atoms with Crippen LogP contribution in [0, 0.1) is 12.8 Å².